The first-order valence-corrected chi connectivity index (χ1v) is 6.47. The Kier molecular flexibility index (Phi) is 4.26. The number of hydrogen-bond acceptors (Lipinski definition) is 3. The van der Waals surface area contributed by atoms with E-state index in [-0.39, 0.29) is 12.1 Å². The second-order valence-corrected chi connectivity index (χ2v) is 4.53. The van der Waals surface area contributed by atoms with E-state index in [1.165, 1.54) is 6.42 Å². The molecule has 0 heterocycles. The minimum Gasteiger partial charge on any atom is -0.492 e. The van der Waals surface area contributed by atoms with Crippen molar-refractivity contribution in [3.8, 4) is 5.75 Å². The SMILES string of the molecule is CCOc1ccccc1N[C@H]1CCCC[C@@H]1O. The molecule has 3 heteroatoms. The van der Waals surface area contributed by atoms with Crippen molar-refractivity contribution in [1.29, 1.82) is 0 Å². The maximum absolute atomic E-state index is 9.95. The standard InChI is InChI=1S/C14H21NO2/c1-2-17-14-10-6-4-8-12(14)15-11-7-3-5-9-13(11)16/h4,6,8,10-11,13,15-16H,2-3,5,7,9H2,1H3/t11-,13-/m0/s1. The fourth-order valence-corrected chi connectivity index (χ4v) is 2.35. The molecule has 0 radical (unpaired) electrons. The third kappa shape index (κ3) is 3.13. The van der Waals surface area contributed by atoms with Crippen LogP contribution >= 0.6 is 0 Å². The molecule has 17 heavy (non-hydrogen) atoms. The van der Waals surface area contributed by atoms with Gasteiger partial charge < -0.3 is 15.2 Å². The lowest BCUT2D eigenvalue weighted by Crippen LogP contribution is -2.36. The molecule has 0 amide bonds. The van der Waals surface area contributed by atoms with Crippen molar-refractivity contribution >= 4 is 5.69 Å². The molecule has 0 bridgehead atoms. The van der Waals surface area contributed by atoms with E-state index in [9.17, 15) is 5.11 Å². The van der Waals surface area contributed by atoms with Gasteiger partial charge in [0.15, 0.2) is 0 Å². The van der Waals surface area contributed by atoms with E-state index in [1.54, 1.807) is 0 Å². The molecule has 0 spiro atoms. The first kappa shape index (κ1) is 12.2. The van der Waals surface area contributed by atoms with Crippen LogP contribution in [0.2, 0.25) is 0 Å². The maximum atomic E-state index is 9.95. The molecular formula is C14H21NO2. The summed E-state index contributed by atoms with van der Waals surface area (Å²) in [4.78, 5) is 0. The van der Waals surface area contributed by atoms with Crippen LogP contribution in [-0.2, 0) is 0 Å². The van der Waals surface area contributed by atoms with Crippen molar-refractivity contribution in [3.05, 3.63) is 24.3 Å². The van der Waals surface area contributed by atoms with Gasteiger partial charge in [-0.1, -0.05) is 25.0 Å². The topological polar surface area (TPSA) is 41.5 Å². The van der Waals surface area contributed by atoms with Gasteiger partial charge in [-0.15, -0.1) is 0 Å². The minimum atomic E-state index is -0.238. The third-order valence-corrected chi connectivity index (χ3v) is 3.26. The Morgan fingerprint density at radius 1 is 1.29 bits per heavy atom. The smallest absolute Gasteiger partial charge is 0.142 e. The molecule has 0 aromatic heterocycles. The number of aliphatic hydroxyl groups is 1. The van der Waals surface area contributed by atoms with Gasteiger partial charge in [0, 0.05) is 0 Å². The summed E-state index contributed by atoms with van der Waals surface area (Å²) in [6, 6.07) is 8.08. The molecule has 1 aliphatic rings. The summed E-state index contributed by atoms with van der Waals surface area (Å²) in [6.45, 7) is 2.64. The third-order valence-electron chi connectivity index (χ3n) is 3.26. The second-order valence-electron chi connectivity index (χ2n) is 4.53. The van der Waals surface area contributed by atoms with Crippen molar-refractivity contribution < 1.29 is 9.84 Å². The normalized spacial score (nSPS) is 24.4. The van der Waals surface area contributed by atoms with Gasteiger partial charge in [0.2, 0.25) is 0 Å². The molecule has 0 saturated heterocycles. The average Bonchev–Trinajstić information content (AvgIpc) is 2.35. The first-order valence-electron chi connectivity index (χ1n) is 6.47. The van der Waals surface area contributed by atoms with Gasteiger partial charge in [-0.3, -0.25) is 0 Å². The van der Waals surface area contributed by atoms with Crippen molar-refractivity contribution in [1.82, 2.24) is 0 Å². The van der Waals surface area contributed by atoms with E-state index in [4.69, 9.17) is 4.74 Å². The van der Waals surface area contributed by atoms with Crippen molar-refractivity contribution in [2.45, 2.75) is 44.8 Å². The zero-order valence-corrected chi connectivity index (χ0v) is 10.4. The highest BCUT2D eigenvalue weighted by molar-refractivity contribution is 5.56. The molecule has 1 fully saturated rings. The number of hydrogen-bond donors (Lipinski definition) is 2. The summed E-state index contributed by atoms with van der Waals surface area (Å²) in [5.74, 6) is 0.868. The number of benzene rings is 1. The molecule has 3 nitrogen and oxygen atoms in total. The van der Waals surface area contributed by atoms with E-state index >= 15 is 0 Å². The van der Waals surface area contributed by atoms with Gasteiger partial charge in [-0.2, -0.15) is 0 Å². The highest BCUT2D eigenvalue weighted by Crippen LogP contribution is 2.28. The molecule has 1 aromatic rings. The van der Waals surface area contributed by atoms with Gasteiger partial charge >= 0.3 is 0 Å². The van der Waals surface area contributed by atoms with Crippen LogP contribution in [0.25, 0.3) is 0 Å². The van der Waals surface area contributed by atoms with Crippen LogP contribution in [0.1, 0.15) is 32.6 Å². The number of ether oxygens (including phenoxy) is 1. The Morgan fingerprint density at radius 3 is 2.82 bits per heavy atom. The van der Waals surface area contributed by atoms with E-state index in [0.717, 1.165) is 30.7 Å². The van der Waals surface area contributed by atoms with Crippen LogP contribution < -0.4 is 10.1 Å². The predicted octanol–water partition coefficient (Wildman–Crippen LogP) is 2.80. The van der Waals surface area contributed by atoms with Crippen LogP contribution in [0.5, 0.6) is 5.75 Å². The lowest BCUT2D eigenvalue weighted by molar-refractivity contribution is 0.116. The van der Waals surface area contributed by atoms with Crippen molar-refractivity contribution in [2.24, 2.45) is 0 Å². The molecule has 0 aliphatic heterocycles. The van der Waals surface area contributed by atoms with Crippen LogP contribution in [0.15, 0.2) is 24.3 Å². The summed E-state index contributed by atoms with van der Waals surface area (Å²) in [5.41, 5.74) is 0.986. The van der Waals surface area contributed by atoms with Gasteiger partial charge in [0.1, 0.15) is 5.75 Å². The molecule has 94 valence electrons. The van der Waals surface area contributed by atoms with Crippen LogP contribution in [0.3, 0.4) is 0 Å². The first-order chi connectivity index (χ1) is 8.31. The minimum absolute atomic E-state index is 0.158. The summed E-state index contributed by atoms with van der Waals surface area (Å²) >= 11 is 0. The summed E-state index contributed by atoms with van der Waals surface area (Å²) in [7, 11) is 0. The fourth-order valence-electron chi connectivity index (χ4n) is 2.35. The van der Waals surface area contributed by atoms with Crippen LogP contribution in [0.4, 0.5) is 5.69 Å². The average molecular weight is 235 g/mol. The lowest BCUT2D eigenvalue weighted by Gasteiger charge is -2.29. The zero-order chi connectivity index (χ0) is 12.1. The maximum Gasteiger partial charge on any atom is 0.142 e. The molecule has 1 saturated carbocycles. The fraction of sp³-hybridized carbons (Fsp3) is 0.571. The Labute approximate surface area is 103 Å². The van der Waals surface area contributed by atoms with Gasteiger partial charge in [0.05, 0.1) is 24.4 Å². The quantitative estimate of drug-likeness (QED) is 0.843. The van der Waals surface area contributed by atoms with Gasteiger partial charge in [-0.05, 0) is 31.9 Å². The molecule has 2 rings (SSSR count). The monoisotopic (exact) mass is 235 g/mol. The highest BCUT2D eigenvalue weighted by atomic mass is 16.5. The van der Waals surface area contributed by atoms with E-state index in [0.29, 0.717) is 6.61 Å². The van der Waals surface area contributed by atoms with E-state index < -0.39 is 0 Å². The molecule has 1 aliphatic carbocycles. The molecule has 2 atom stereocenters. The van der Waals surface area contributed by atoms with Crippen molar-refractivity contribution in [3.63, 3.8) is 0 Å². The molecule has 1 aromatic carbocycles. The van der Waals surface area contributed by atoms with Crippen LogP contribution in [-0.4, -0.2) is 23.9 Å². The summed E-state index contributed by atoms with van der Waals surface area (Å²) in [5, 5.41) is 13.4. The van der Waals surface area contributed by atoms with E-state index in [2.05, 4.69) is 5.32 Å². The Balaban J connectivity index is 2.06. The second kappa shape index (κ2) is 5.92. The number of aliphatic hydroxyl groups excluding tert-OH is 1. The number of nitrogens with one attached hydrogen (secondary N) is 1. The number of para-hydroxylation sites is 2. The Hall–Kier alpha value is -1.22. The van der Waals surface area contributed by atoms with Gasteiger partial charge in [0.25, 0.3) is 0 Å². The highest BCUT2D eigenvalue weighted by Gasteiger charge is 2.23. The largest absolute Gasteiger partial charge is 0.492 e. The van der Waals surface area contributed by atoms with Crippen LogP contribution in [0, 0.1) is 0 Å². The molecule has 0 unspecified atom stereocenters. The Morgan fingerprint density at radius 2 is 2.06 bits per heavy atom. The predicted molar refractivity (Wildman–Crippen MR) is 69.5 cm³/mol. The van der Waals surface area contributed by atoms with Gasteiger partial charge in [-0.25, -0.2) is 0 Å². The van der Waals surface area contributed by atoms with Crippen molar-refractivity contribution in [2.75, 3.05) is 11.9 Å². The Bertz CT molecular complexity index is 354. The lowest BCUT2D eigenvalue weighted by atomic mass is 9.92. The zero-order valence-electron chi connectivity index (χ0n) is 10.4. The number of rotatable bonds is 4. The van der Waals surface area contributed by atoms with E-state index in [1.807, 2.05) is 31.2 Å². The number of anilines is 1. The molecular weight excluding hydrogens is 214 g/mol. The molecule has 2 N–H and O–H groups in total. The summed E-state index contributed by atoms with van der Waals surface area (Å²) < 4.78 is 5.57. The summed E-state index contributed by atoms with van der Waals surface area (Å²) in [6.07, 6.45) is 4.01.